The lowest BCUT2D eigenvalue weighted by molar-refractivity contribution is -0.133. The minimum absolute atomic E-state index is 0. The lowest BCUT2D eigenvalue weighted by atomic mass is 10.0. The molecular weight excluding hydrogens is 356 g/mol. The third kappa shape index (κ3) is 3.59. The molecule has 1 saturated carbocycles. The van der Waals surface area contributed by atoms with Gasteiger partial charge in [0.25, 0.3) is 0 Å². The first-order valence-corrected chi connectivity index (χ1v) is 7.86. The van der Waals surface area contributed by atoms with Gasteiger partial charge in [-0.05, 0) is 43.4 Å². The van der Waals surface area contributed by atoms with Crippen molar-refractivity contribution in [2.24, 2.45) is 5.73 Å². The molecule has 0 aromatic heterocycles. The maximum atomic E-state index is 12.3. The van der Waals surface area contributed by atoms with Gasteiger partial charge in [-0.2, -0.15) is 0 Å². The zero-order chi connectivity index (χ0) is 14.2. The molecule has 0 spiro atoms. The Balaban J connectivity index is 0.00000161. The Morgan fingerprint density at radius 3 is 2.76 bits per heavy atom. The molecule has 3 rings (SSSR count). The molecule has 1 aromatic rings. The second-order valence-electron chi connectivity index (χ2n) is 5.64. The van der Waals surface area contributed by atoms with Gasteiger partial charge in [-0.25, -0.2) is 0 Å². The average molecular weight is 376 g/mol. The van der Waals surface area contributed by atoms with Gasteiger partial charge in [-0.15, -0.1) is 12.4 Å². The van der Waals surface area contributed by atoms with Crippen LogP contribution in [-0.2, 0) is 15.1 Å². The summed E-state index contributed by atoms with van der Waals surface area (Å²) in [6.07, 6.45) is 3.31. The van der Waals surface area contributed by atoms with E-state index >= 15 is 0 Å². The Morgan fingerprint density at radius 1 is 1.43 bits per heavy atom. The first-order chi connectivity index (χ1) is 9.63. The molecule has 1 amide bonds. The summed E-state index contributed by atoms with van der Waals surface area (Å²) < 4.78 is 6.70. The highest BCUT2D eigenvalue weighted by atomic mass is 79.9. The summed E-state index contributed by atoms with van der Waals surface area (Å²) in [5.41, 5.74) is 6.55. The van der Waals surface area contributed by atoms with Crippen molar-refractivity contribution in [2.45, 2.75) is 43.4 Å². The lowest BCUT2D eigenvalue weighted by Crippen LogP contribution is -2.42. The standard InChI is InChI=1S/C15H19BrN2O2.ClH/c16-11-3-1-2-10(8-11)15(6-7-15)18-14(19)13-5-4-12(9-17)20-13;/h1-3,8,12-13H,4-7,9,17H2,(H,18,19);1H/t12-,13+;/m1./s1. The number of nitrogens with one attached hydrogen (secondary N) is 1. The number of nitrogens with two attached hydrogens (primary N) is 1. The van der Waals surface area contributed by atoms with E-state index < -0.39 is 0 Å². The molecule has 2 atom stereocenters. The molecule has 2 fully saturated rings. The number of ether oxygens (including phenoxy) is 1. The molecule has 1 saturated heterocycles. The van der Waals surface area contributed by atoms with E-state index in [-0.39, 0.29) is 36.1 Å². The van der Waals surface area contributed by atoms with E-state index in [0.717, 1.165) is 35.7 Å². The summed E-state index contributed by atoms with van der Waals surface area (Å²) in [6, 6.07) is 8.14. The van der Waals surface area contributed by atoms with Gasteiger partial charge < -0.3 is 15.8 Å². The SMILES string of the molecule is Cl.NC[C@H]1CC[C@@H](C(=O)NC2(c3cccc(Br)c3)CC2)O1. The highest BCUT2D eigenvalue weighted by Crippen LogP contribution is 2.46. The molecule has 116 valence electrons. The third-order valence-corrected chi connectivity index (χ3v) is 4.65. The van der Waals surface area contributed by atoms with Crippen molar-refractivity contribution in [3.63, 3.8) is 0 Å². The predicted octanol–water partition coefficient (Wildman–Crippen LogP) is 2.48. The number of benzene rings is 1. The van der Waals surface area contributed by atoms with Gasteiger partial charge >= 0.3 is 0 Å². The summed E-state index contributed by atoms with van der Waals surface area (Å²) in [7, 11) is 0. The van der Waals surface area contributed by atoms with Crippen LogP contribution < -0.4 is 11.1 Å². The quantitative estimate of drug-likeness (QED) is 0.850. The molecule has 2 aliphatic rings. The van der Waals surface area contributed by atoms with Crippen molar-refractivity contribution in [3.05, 3.63) is 34.3 Å². The van der Waals surface area contributed by atoms with Crippen LogP contribution in [0.2, 0.25) is 0 Å². The van der Waals surface area contributed by atoms with Gasteiger partial charge in [-0.1, -0.05) is 28.1 Å². The van der Waals surface area contributed by atoms with Crippen molar-refractivity contribution in [1.82, 2.24) is 5.32 Å². The van der Waals surface area contributed by atoms with E-state index in [1.807, 2.05) is 12.1 Å². The largest absolute Gasteiger partial charge is 0.364 e. The Labute approximate surface area is 139 Å². The van der Waals surface area contributed by atoms with E-state index in [1.165, 1.54) is 0 Å². The monoisotopic (exact) mass is 374 g/mol. The number of hydrogen-bond donors (Lipinski definition) is 2. The fourth-order valence-corrected chi connectivity index (χ4v) is 3.18. The normalized spacial score (nSPS) is 26.0. The topological polar surface area (TPSA) is 64.4 Å². The molecular formula is C15H20BrClN2O2. The van der Waals surface area contributed by atoms with Crippen molar-refractivity contribution in [2.75, 3.05) is 6.54 Å². The van der Waals surface area contributed by atoms with Gasteiger partial charge in [-0.3, -0.25) is 4.79 Å². The van der Waals surface area contributed by atoms with Crippen LogP contribution in [0.15, 0.2) is 28.7 Å². The molecule has 1 aromatic carbocycles. The maximum absolute atomic E-state index is 12.3. The van der Waals surface area contributed by atoms with Crippen LogP contribution >= 0.6 is 28.3 Å². The summed E-state index contributed by atoms with van der Waals surface area (Å²) in [6.45, 7) is 0.487. The van der Waals surface area contributed by atoms with Gasteiger partial charge in [0.05, 0.1) is 11.6 Å². The summed E-state index contributed by atoms with van der Waals surface area (Å²) in [4.78, 5) is 12.3. The fourth-order valence-electron chi connectivity index (χ4n) is 2.79. The maximum Gasteiger partial charge on any atom is 0.249 e. The number of halogens is 2. The molecule has 21 heavy (non-hydrogen) atoms. The van der Waals surface area contributed by atoms with E-state index in [9.17, 15) is 4.79 Å². The minimum Gasteiger partial charge on any atom is -0.364 e. The van der Waals surface area contributed by atoms with Crippen LogP contribution in [0.1, 0.15) is 31.2 Å². The van der Waals surface area contributed by atoms with Gasteiger partial charge in [0, 0.05) is 11.0 Å². The number of hydrogen-bond acceptors (Lipinski definition) is 3. The second-order valence-corrected chi connectivity index (χ2v) is 6.56. The van der Waals surface area contributed by atoms with Crippen molar-refractivity contribution >= 4 is 34.2 Å². The zero-order valence-corrected chi connectivity index (χ0v) is 14.1. The number of carbonyl (C=O) groups is 1. The molecule has 3 N–H and O–H groups in total. The Hall–Kier alpha value is -0.620. The van der Waals surface area contributed by atoms with Crippen LogP contribution in [0.4, 0.5) is 0 Å². The Morgan fingerprint density at radius 2 is 2.19 bits per heavy atom. The van der Waals surface area contributed by atoms with Crippen LogP contribution in [0, 0.1) is 0 Å². The number of carbonyl (C=O) groups excluding carboxylic acids is 1. The number of rotatable bonds is 4. The third-order valence-electron chi connectivity index (χ3n) is 4.15. The van der Waals surface area contributed by atoms with Crippen molar-refractivity contribution < 1.29 is 9.53 Å². The summed E-state index contributed by atoms with van der Waals surface area (Å²) in [5, 5.41) is 3.17. The second kappa shape index (κ2) is 6.65. The van der Waals surface area contributed by atoms with E-state index in [0.29, 0.717) is 6.54 Å². The van der Waals surface area contributed by atoms with Crippen LogP contribution in [0.25, 0.3) is 0 Å². The van der Waals surface area contributed by atoms with Crippen LogP contribution in [-0.4, -0.2) is 24.7 Å². The minimum atomic E-state index is -0.340. The highest BCUT2D eigenvalue weighted by Gasteiger charge is 2.47. The molecule has 0 unspecified atom stereocenters. The van der Waals surface area contributed by atoms with Crippen molar-refractivity contribution in [3.8, 4) is 0 Å². The van der Waals surface area contributed by atoms with Gasteiger partial charge in [0.1, 0.15) is 6.10 Å². The fraction of sp³-hybridized carbons (Fsp3) is 0.533. The Kier molecular flexibility index (Phi) is 5.30. The molecule has 1 aliphatic heterocycles. The van der Waals surface area contributed by atoms with E-state index in [4.69, 9.17) is 10.5 Å². The lowest BCUT2D eigenvalue weighted by Gasteiger charge is -2.21. The molecule has 4 nitrogen and oxygen atoms in total. The molecule has 1 heterocycles. The van der Waals surface area contributed by atoms with Crippen LogP contribution in [0.3, 0.4) is 0 Å². The zero-order valence-electron chi connectivity index (χ0n) is 11.7. The first kappa shape index (κ1) is 16.7. The molecule has 0 bridgehead atoms. The molecule has 0 radical (unpaired) electrons. The van der Waals surface area contributed by atoms with Crippen LogP contribution in [0.5, 0.6) is 0 Å². The predicted molar refractivity (Wildman–Crippen MR) is 87.4 cm³/mol. The highest BCUT2D eigenvalue weighted by molar-refractivity contribution is 9.10. The summed E-state index contributed by atoms with van der Waals surface area (Å²) in [5.74, 6) is -0.00146. The first-order valence-electron chi connectivity index (χ1n) is 7.06. The smallest absolute Gasteiger partial charge is 0.249 e. The van der Waals surface area contributed by atoms with Gasteiger partial charge in [0.2, 0.25) is 5.91 Å². The van der Waals surface area contributed by atoms with E-state index in [1.54, 1.807) is 0 Å². The molecule has 1 aliphatic carbocycles. The molecule has 6 heteroatoms. The van der Waals surface area contributed by atoms with Crippen molar-refractivity contribution in [1.29, 1.82) is 0 Å². The van der Waals surface area contributed by atoms with Gasteiger partial charge in [0.15, 0.2) is 0 Å². The summed E-state index contributed by atoms with van der Waals surface area (Å²) >= 11 is 3.48. The Bertz CT molecular complexity index is 522. The number of amides is 1. The average Bonchev–Trinajstić information content (AvgIpc) is 3.06. The van der Waals surface area contributed by atoms with E-state index in [2.05, 4.69) is 33.4 Å².